The Bertz CT molecular complexity index is 323. The molecule has 0 saturated heterocycles. The highest BCUT2D eigenvalue weighted by atomic mass is 16.5. The van der Waals surface area contributed by atoms with Crippen LogP contribution in [-0.2, 0) is 0 Å². The van der Waals surface area contributed by atoms with Crippen LogP contribution in [0.15, 0.2) is 23.2 Å². The maximum absolute atomic E-state index is 9.41. The molecule has 4 heteroatoms. The molecular weight excluding hydrogens is 182 g/mol. The fourth-order valence-corrected chi connectivity index (χ4v) is 1.02. The molecule has 2 N–H and O–H groups in total. The number of phenols is 1. The van der Waals surface area contributed by atoms with Gasteiger partial charge in [-0.2, -0.15) is 0 Å². The number of phenolic OH excluding ortho intramolecular Hbond substituents is 1. The third kappa shape index (κ3) is 2.74. The number of aliphatic imine (C=N–C) groups is 1. The average Bonchev–Trinajstić information content (AvgIpc) is 2.18. The van der Waals surface area contributed by atoms with Gasteiger partial charge in [-0.15, -0.1) is 0 Å². The fourth-order valence-electron chi connectivity index (χ4n) is 1.02. The van der Waals surface area contributed by atoms with E-state index in [1.54, 1.807) is 24.4 Å². The third-order valence-corrected chi connectivity index (χ3v) is 1.67. The summed E-state index contributed by atoms with van der Waals surface area (Å²) in [5.41, 5.74) is 0.775. The van der Waals surface area contributed by atoms with Crippen LogP contribution < -0.4 is 4.74 Å². The Kier molecular flexibility index (Phi) is 3.94. The topological polar surface area (TPSA) is 62.0 Å². The Morgan fingerprint density at radius 2 is 2.29 bits per heavy atom. The predicted molar refractivity (Wildman–Crippen MR) is 54.2 cm³/mol. The molecule has 0 atom stereocenters. The Morgan fingerprint density at radius 1 is 1.50 bits per heavy atom. The van der Waals surface area contributed by atoms with Crippen molar-refractivity contribution in [1.82, 2.24) is 0 Å². The zero-order chi connectivity index (χ0) is 10.4. The summed E-state index contributed by atoms with van der Waals surface area (Å²) in [6.45, 7) is 0.394. The van der Waals surface area contributed by atoms with Crippen molar-refractivity contribution in [2.75, 3.05) is 20.3 Å². The van der Waals surface area contributed by atoms with Crippen LogP contribution in [0.1, 0.15) is 5.56 Å². The summed E-state index contributed by atoms with van der Waals surface area (Å²) in [7, 11) is 1.49. The van der Waals surface area contributed by atoms with E-state index in [4.69, 9.17) is 9.84 Å². The number of aliphatic hydroxyl groups is 1. The molecule has 14 heavy (non-hydrogen) atoms. The Morgan fingerprint density at radius 3 is 2.86 bits per heavy atom. The monoisotopic (exact) mass is 195 g/mol. The van der Waals surface area contributed by atoms with Gasteiger partial charge in [-0.25, -0.2) is 0 Å². The number of hydrogen-bond donors (Lipinski definition) is 2. The van der Waals surface area contributed by atoms with E-state index in [1.165, 1.54) is 7.11 Å². The summed E-state index contributed by atoms with van der Waals surface area (Å²) in [6.07, 6.45) is 1.59. The Labute approximate surface area is 82.5 Å². The quantitative estimate of drug-likeness (QED) is 0.699. The van der Waals surface area contributed by atoms with Crippen molar-refractivity contribution in [2.24, 2.45) is 4.99 Å². The van der Waals surface area contributed by atoms with Crippen molar-refractivity contribution >= 4 is 6.21 Å². The number of rotatable bonds is 4. The van der Waals surface area contributed by atoms with Gasteiger partial charge in [-0.1, -0.05) is 0 Å². The minimum absolute atomic E-state index is 0.0264. The zero-order valence-corrected chi connectivity index (χ0v) is 7.97. The van der Waals surface area contributed by atoms with Gasteiger partial charge >= 0.3 is 0 Å². The highest BCUT2D eigenvalue weighted by molar-refractivity contribution is 5.80. The van der Waals surface area contributed by atoms with Crippen LogP contribution in [0.4, 0.5) is 0 Å². The largest absolute Gasteiger partial charge is 0.504 e. The Hall–Kier alpha value is -1.55. The maximum atomic E-state index is 9.41. The molecule has 0 bridgehead atoms. The zero-order valence-electron chi connectivity index (χ0n) is 7.97. The van der Waals surface area contributed by atoms with E-state index in [2.05, 4.69) is 4.99 Å². The number of methoxy groups -OCH3 is 1. The van der Waals surface area contributed by atoms with Gasteiger partial charge in [0.1, 0.15) is 0 Å². The number of benzene rings is 1. The van der Waals surface area contributed by atoms with Crippen LogP contribution in [0.3, 0.4) is 0 Å². The molecule has 1 rings (SSSR count). The molecule has 4 nitrogen and oxygen atoms in total. The van der Waals surface area contributed by atoms with Crippen LogP contribution >= 0.6 is 0 Å². The number of hydrogen-bond acceptors (Lipinski definition) is 4. The fraction of sp³-hybridized carbons (Fsp3) is 0.300. The van der Waals surface area contributed by atoms with E-state index in [0.29, 0.717) is 12.3 Å². The van der Waals surface area contributed by atoms with Crippen LogP contribution in [0.5, 0.6) is 11.5 Å². The van der Waals surface area contributed by atoms with E-state index >= 15 is 0 Å². The number of nitrogens with zero attached hydrogens (tertiary/aromatic N) is 1. The molecule has 0 aliphatic carbocycles. The third-order valence-electron chi connectivity index (χ3n) is 1.67. The van der Waals surface area contributed by atoms with Crippen LogP contribution in [0.2, 0.25) is 0 Å². The number of aliphatic hydroxyl groups excluding tert-OH is 1. The van der Waals surface area contributed by atoms with E-state index in [0.717, 1.165) is 5.56 Å². The van der Waals surface area contributed by atoms with Crippen molar-refractivity contribution in [2.45, 2.75) is 0 Å². The molecule has 0 spiro atoms. The van der Waals surface area contributed by atoms with Crippen LogP contribution in [0, 0.1) is 0 Å². The minimum Gasteiger partial charge on any atom is -0.504 e. The SMILES string of the molecule is COc1ccc(C=NCCO)cc1O. The summed E-state index contributed by atoms with van der Waals surface area (Å²) >= 11 is 0. The molecule has 0 fully saturated rings. The second-order valence-electron chi connectivity index (χ2n) is 2.69. The van der Waals surface area contributed by atoms with Crippen molar-refractivity contribution < 1.29 is 14.9 Å². The molecular formula is C10H13NO3. The van der Waals surface area contributed by atoms with Gasteiger partial charge in [-0.3, -0.25) is 4.99 Å². The molecule has 0 aromatic heterocycles. The van der Waals surface area contributed by atoms with E-state index in [1.807, 2.05) is 0 Å². The van der Waals surface area contributed by atoms with Gasteiger partial charge in [0.05, 0.1) is 20.3 Å². The van der Waals surface area contributed by atoms with Crippen molar-refractivity contribution in [3.8, 4) is 11.5 Å². The second kappa shape index (κ2) is 5.24. The standard InChI is InChI=1S/C10H13NO3/c1-14-10-3-2-8(6-9(10)13)7-11-4-5-12/h2-3,6-7,12-13H,4-5H2,1H3. The molecule has 1 aromatic rings. The molecule has 76 valence electrons. The molecule has 0 aliphatic rings. The lowest BCUT2D eigenvalue weighted by atomic mass is 10.2. The first-order chi connectivity index (χ1) is 6.77. The minimum atomic E-state index is 0.0264. The summed E-state index contributed by atoms with van der Waals surface area (Å²) in [5, 5.41) is 17.9. The van der Waals surface area contributed by atoms with Gasteiger partial charge in [0.2, 0.25) is 0 Å². The molecule has 0 heterocycles. The average molecular weight is 195 g/mol. The highest BCUT2D eigenvalue weighted by Gasteiger charge is 1.99. The number of aromatic hydroxyl groups is 1. The van der Waals surface area contributed by atoms with Gasteiger partial charge < -0.3 is 14.9 Å². The first kappa shape index (κ1) is 10.5. The number of ether oxygens (including phenoxy) is 1. The Balaban J connectivity index is 2.76. The van der Waals surface area contributed by atoms with Crippen molar-refractivity contribution in [1.29, 1.82) is 0 Å². The summed E-state index contributed by atoms with van der Waals surface area (Å²) < 4.78 is 4.89. The van der Waals surface area contributed by atoms with Crippen molar-refractivity contribution in [3.05, 3.63) is 23.8 Å². The molecule has 1 aromatic carbocycles. The summed E-state index contributed by atoms with van der Waals surface area (Å²) in [5.74, 6) is 0.518. The van der Waals surface area contributed by atoms with Gasteiger partial charge in [-0.05, 0) is 23.8 Å². The lowest BCUT2D eigenvalue weighted by Crippen LogP contribution is -1.90. The molecule has 0 aliphatic heterocycles. The maximum Gasteiger partial charge on any atom is 0.160 e. The molecule has 0 radical (unpaired) electrons. The first-order valence-electron chi connectivity index (χ1n) is 4.25. The molecule has 0 saturated carbocycles. The smallest absolute Gasteiger partial charge is 0.160 e. The van der Waals surface area contributed by atoms with E-state index in [-0.39, 0.29) is 12.4 Å². The van der Waals surface area contributed by atoms with Crippen LogP contribution in [-0.4, -0.2) is 36.7 Å². The van der Waals surface area contributed by atoms with Gasteiger partial charge in [0.25, 0.3) is 0 Å². The van der Waals surface area contributed by atoms with Gasteiger partial charge in [0, 0.05) is 6.21 Å². The highest BCUT2D eigenvalue weighted by Crippen LogP contribution is 2.25. The molecule has 0 amide bonds. The van der Waals surface area contributed by atoms with Gasteiger partial charge in [0.15, 0.2) is 11.5 Å². The summed E-state index contributed by atoms with van der Waals surface area (Å²) in [4.78, 5) is 3.93. The van der Waals surface area contributed by atoms with Crippen LogP contribution in [0.25, 0.3) is 0 Å². The predicted octanol–water partition coefficient (Wildman–Crippen LogP) is 0.812. The lowest BCUT2D eigenvalue weighted by molar-refractivity contribution is 0.307. The van der Waals surface area contributed by atoms with E-state index in [9.17, 15) is 5.11 Å². The lowest BCUT2D eigenvalue weighted by Gasteiger charge is -2.02. The van der Waals surface area contributed by atoms with Crippen molar-refractivity contribution in [3.63, 3.8) is 0 Å². The first-order valence-corrected chi connectivity index (χ1v) is 4.25. The second-order valence-corrected chi connectivity index (χ2v) is 2.69. The summed E-state index contributed by atoms with van der Waals surface area (Å²) in [6, 6.07) is 4.99. The molecule has 0 unspecified atom stereocenters. The normalized spacial score (nSPS) is 10.7. The van der Waals surface area contributed by atoms with E-state index < -0.39 is 0 Å².